The van der Waals surface area contributed by atoms with Crippen LogP contribution in [0.4, 0.5) is 0 Å². The van der Waals surface area contributed by atoms with Crippen LogP contribution in [-0.4, -0.2) is 38.0 Å². The van der Waals surface area contributed by atoms with Gasteiger partial charge in [0.05, 0.1) is 0 Å². The summed E-state index contributed by atoms with van der Waals surface area (Å²) in [6, 6.07) is 0. The van der Waals surface area contributed by atoms with Gasteiger partial charge in [0, 0.05) is 13.0 Å². The second kappa shape index (κ2) is 23.2. The van der Waals surface area contributed by atoms with E-state index in [1.807, 2.05) is 0 Å². The second-order valence-corrected chi connectivity index (χ2v) is 7.49. The average molecular weight is 401 g/mol. The van der Waals surface area contributed by atoms with Crippen molar-refractivity contribution in [2.75, 3.05) is 27.2 Å². The van der Waals surface area contributed by atoms with Crippen molar-refractivity contribution >= 4 is 18.3 Å². The number of halogens is 1. The zero-order valence-electron chi connectivity index (χ0n) is 18.2. The summed E-state index contributed by atoms with van der Waals surface area (Å²) in [6.45, 7) is 4.08. The van der Waals surface area contributed by atoms with Crippen LogP contribution in [0.5, 0.6) is 0 Å². The number of amides is 1. The Labute approximate surface area is 175 Å². The lowest BCUT2D eigenvalue weighted by Crippen LogP contribution is -2.26. The second-order valence-electron chi connectivity index (χ2n) is 7.49. The molecule has 0 aromatic heterocycles. The minimum absolute atomic E-state index is 0. The zero-order chi connectivity index (χ0) is 19.3. The summed E-state index contributed by atoms with van der Waals surface area (Å²) in [6.07, 6.45) is 24.4. The minimum atomic E-state index is 0. The summed E-state index contributed by atoms with van der Waals surface area (Å²) < 4.78 is 0. The van der Waals surface area contributed by atoms with Gasteiger partial charge in [0.15, 0.2) is 0 Å². The number of nitrogens with zero attached hydrogens (tertiary/aromatic N) is 1. The fourth-order valence-electron chi connectivity index (χ4n) is 2.81. The largest absolute Gasteiger partial charge is 0.356 e. The van der Waals surface area contributed by atoms with Gasteiger partial charge in [-0.3, -0.25) is 4.79 Å². The molecule has 0 spiro atoms. The maximum Gasteiger partial charge on any atom is 0.219 e. The Balaban J connectivity index is 0. The first-order chi connectivity index (χ1) is 12.7. The molecule has 0 fully saturated rings. The van der Waals surface area contributed by atoms with Crippen molar-refractivity contribution in [3.05, 3.63) is 24.3 Å². The number of hydrogen-bond donors (Lipinski definition) is 1. The van der Waals surface area contributed by atoms with Gasteiger partial charge < -0.3 is 10.2 Å². The van der Waals surface area contributed by atoms with Gasteiger partial charge >= 0.3 is 0 Å². The first kappa shape index (κ1) is 28.4. The summed E-state index contributed by atoms with van der Waals surface area (Å²) in [4.78, 5) is 13.8. The third kappa shape index (κ3) is 25.2. The Bertz CT molecular complexity index is 367. The Morgan fingerprint density at radius 3 is 2.04 bits per heavy atom. The average Bonchev–Trinajstić information content (AvgIpc) is 2.62. The van der Waals surface area contributed by atoms with Gasteiger partial charge in [-0.25, -0.2) is 0 Å². The lowest BCUT2D eigenvalue weighted by molar-refractivity contribution is -0.121. The molecule has 0 heterocycles. The van der Waals surface area contributed by atoms with Crippen LogP contribution in [0.15, 0.2) is 24.3 Å². The number of carbonyl (C=O) groups is 1. The highest BCUT2D eigenvalue weighted by Crippen LogP contribution is 2.08. The van der Waals surface area contributed by atoms with Crippen LogP contribution in [0.3, 0.4) is 0 Å². The third-order valence-electron chi connectivity index (χ3n) is 4.46. The van der Waals surface area contributed by atoms with Crippen LogP contribution >= 0.6 is 12.4 Å². The van der Waals surface area contributed by atoms with Gasteiger partial charge in [-0.1, -0.05) is 63.3 Å². The van der Waals surface area contributed by atoms with Crippen LogP contribution < -0.4 is 5.32 Å². The molecule has 3 nitrogen and oxygen atoms in total. The Kier molecular flexibility index (Phi) is 24.5. The van der Waals surface area contributed by atoms with Crippen molar-refractivity contribution in [1.29, 1.82) is 0 Å². The van der Waals surface area contributed by atoms with E-state index in [-0.39, 0.29) is 18.3 Å². The number of unbranched alkanes of at least 4 members (excludes halogenated alkanes) is 8. The third-order valence-corrected chi connectivity index (χ3v) is 4.46. The van der Waals surface area contributed by atoms with E-state index in [4.69, 9.17) is 0 Å². The van der Waals surface area contributed by atoms with Crippen LogP contribution in [0, 0.1) is 0 Å². The molecule has 0 aromatic carbocycles. The molecule has 0 aromatic rings. The van der Waals surface area contributed by atoms with Gasteiger partial charge in [0.2, 0.25) is 5.91 Å². The molecule has 27 heavy (non-hydrogen) atoms. The SMILES string of the molecule is CCCCC/C=C\C/C=C\CCCCCCCC(=O)NCCCN(C)C.Cl. The van der Waals surface area contributed by atoms with Crippen molar-refractivity contribution < 1.29 is 4.79 Å². The molecule has 1 amide bonds. The van der Waals surface area contributed by atoms with E-state index in [0.29, 0.717) is 6.42 Å². The highest BCUT2D eigenvalue weighted by molar-refractivity contribution is 5.85. The molecule has 0 bridgehead atoms. The smallest absolute Gasteiger partial charge is 0.219 e. The van der Waals surface area contributed by atoms with E-state index in [2.05, 4.69) is 55.5 Å². The van der Waals surface area contributed by atoms with Gasteiger partial charge in [-0.15, -0.1) is 12.4 Å². The van der Waals surface area contributed by atoms with E-state index in [0.717, 1.165) is 32.4 Å². The van der Waals surface area contributed by atoms with Crippen molar-refractivity contribution in [1.82, 2.24) is 10.2 Å². The van der Waals surface area contributed by atoms with Crippen molar-refractivity contribution in [3.8, 4) is 0 Å². The van der Waals surface area contributed by atoms with Crippen molar-refractivity contribution in [2.45, 2.75) is 90.4 Å². The Morgan fingerprint density at radius 1 is 0.815 bits per heavy atom. The molecule has 1 N–H and O–H groups in total. The number of rotatable bonds is 18. The highest BCUT2D eigenvalue weighted by Gasteiger charge is 2.00. The summed E-state index contributed by atoms with van der Waals surface area (Å²) in [5, 5.41) is 3.01. The molecule has 0 rings (SSSR count). The summed E-state index contributed by atoms with van der Waals surface area (Å²) >= 11 is 0. The summed E-state index contributed by atoms with van der Waals surface area (Å²) in [7, 11) is 4.12. The zero-order valence-corrected chi connectivity index (χ0v) is 19.0. The first-order valence-corrected chi connectivity index (χ1v) is 10.9. The summed E-state index contributed by atoms with van der Waals surface area (Å²) in [5.74, 6) is 0.217. The number of hydrogen-bond acceptors (Lipinski definition) is 2. The molecular formula is C23H45ClN2O. The Morgan fingerprint density at radius 2 is 1.41 bits per heavy atom. The van der Waals surface area contributed by atoms with E-state index < -0.39 is 0 Å². The van der Waals surface area contributed by atoms with Gasteiger partial charge in [0.1, 0.15) is 0 Å². The molecule has 0 aliphatic heterocycles. The van der Waals surface area contributed by atoms with Gasteiger partial charge in [-0.2, -0.15) is 0 Å². The fraction of sp³-hybridized carbons (Fsp3) is 0.783. The van der Waals surface area contributed by atoms with E-state index in [1.54, 1.807) is 0 Å². The monoisotopic (exact) mass is 400 g/mol. The highest BCUT2D eigenvalue weighted by atomic mass is 35.5. The van der Waals surface area contributed by atoms with Crippen LogP contribution in [-0.2, 0) is 4.79 Å². The number of carbonyl (C=O) groups excluding carboxylic acids is 1. The molecule has 0 saturated heterocycles. The molecule has 0 unspecified atom stereocenters. The first-order valence-electron chi connectivity index (χ1n) is 10.9. The van der Waals surface area contributed by atoms with E-state index in [9.17, 15) is 4.79 Å². The fourth-order valence-corrected chi connectivity index (χ4v) is 2.81. The van der Waals surface area contributed by atoms with Crippen LogP contribution in [0.2, 0.25) is 0 Å². The van der Waals surface area contributed by atoms with Crippen LogP contribution in [0.1, 0.15) is 90.4 Å². The van der Waals surface area contributed by atoms with Crippen LogP contribution in [0.25, 0.3) is 0 Å². The van der Waals surface area contributed by atoms with Crippen molar-refractivity contribution in [3.63, 3.8) is 0 Å². The predicted molar refractivity (Wildman–Crippen MR) is 123 cm³/mol. The molecule has 0 atom stereocenters. The van der Waals surface area contributed by atoms with E-state index >= 15 is 0 Å². The molecule has 4 heteroatoms. The Hall–Kier alpha value is -0.800. The number of nitrogens with one attached hydrogen (secondary N) is 1. The standard InChI is InChI=1S/C23H44N2O.ClH/c1-4-5-6-7-8-9-10-11-12-13-14-15-16-17-18-20-23(26)24-21-19-22-25(2)3;/h8-9,11-12H,4-7,10,13-22H2,1-3H3,(H,24,26);1H/b9-8-,12-11-;. The normalized spacial score (nSPS) is 11.4. The van der Waals surface area contributed by atoms with Crippen molar-refractivity contribution in [2.24, 2.45) is 0 Å². The lowest BCUT2D eigenvalue weighted by Gasteiger charge is -2.09. The lowest BCUT2D eigenvalue weighted by atomic mass is 10.1. The minimum Gasteiger partial charge on any atom is -0.356 e. The molecular weight excluding hydrogens is 356 g/mol. The predicted octanol–water partition coefficient (Wildman–Crippen LogP) is 6.29. The molecule has 0 radical (unpaired) electrons. The molecule has 0 aliphatic carbocycles. The molecule has 0 saturated carbocycles. The number of allylic oxidation sites excluding steroid dienone is 4. The van der Waals surface area contributed by atoms with Gasteiger partial charge in [0.25, 0.3) is 0 Å². The molecule has 0 aliphatic rings. The quantitative estimate of drug-likeness (QED) is 0.216. The summed E-state index contributed by atoms with van der Waals surface area (Å²) in [5.41, 5.74) is 0. The maximum absolute atomic E-state index is 11.7. The van der Waals surface area contributed by atoms with Gasteiger partial charge in [-0.05, 0) is 65.6 Å². The van der Waals surface area contributed by atoms with E-state index in [1.165, 1.54) is 57.8 Å². The molecule has 160 valence electrons. The maximum atomic E-state index is 11.7. The topological polar surface area (TPSA) is 32.3 Å².